The summed E-state index contributed by atoms with van der Waals surface area (Å²) in [5.74, 6) is 0. The Hall–Kier alpha value is -0.250. The molecule has 94 valence electrons. The molecule has 1 fully saturated rings. The third kappa shape index (κ3) is 2.47. The number of nitrogens with one attached hydrogen (secondary N) is 1. The van der Waals surface area contributed by atoms with Crippen molar-refractivity contribution in [3.63, 3.8) is 0 Å². The zero-order valence-electron chi connectivity index (χ0n) is 10.2. The Bertz CT molecular complexity index is 431. The molecule has 0 heterocycles. The van der Waals surface area contributed by atoms with Crippen molar-refractivity contribution in [3.05, 3.63) is 27.7 Å². The van der Waals surface area contributed by atoms with E-state index in [-0.39, 0.29) is 5.54 Å². The van der Waals surface area contributed by atoms with Gasteiger partial charge in [-0.15, -0.1) is 0 Å². The summed E-state index contributed by atoms with van der Waals surface area (Å²) in [6.07, 6.45) is 2.47. The summed E-state index contributed by atoms with van der Waals surface area (Å²) >= 11 is 9.49. The maximum Gasteiger partial charge on any atom is 0.0568 e. The van der Waals surface area contributed by atoms with Gasteiger partial charge in [0.1, 0.15) is 0 Å². The van der Waals surface area contributed by atoms with Gasteiger partial charge in [-0.25, -0.2) is 0 Å². The summed E-state index contributed by atoms with van der Waals surface area (Å²) in [7, 11) is 0. The maximum atomic E-state index is 6.10. The smallest absolute Gasteiger partial charge is 0.0568 e. The molecule has 1 aliphatic rings. The standard InChI is InChI=1S/C13H18BrClN2/c1-12(5-6-12)13(2,8-16)17-9-3-4-10(14)11(15)7-9/h3-4,7,17H,5-6,8,16H2,1-2H3. The number of rotatable bonds is 4. The highest BCUT2D eigenvalue weighted by Gasteiger charge is 2.52. The molecule has 0 bridgehead atoms. The Labute approximate surface area is 116 Å². The van der Waals surface area contributed by atoms with Gasteiger partial charge < -0.3 is 11.1 Å². The van der Waals surface area contributed by atoms with E-state index in [2.05, 4.69) is 35.1 Å². The maximum absolute atomic E-state index is 6.10. The molecule has 2 rings (SSSR count). The van der Waals surface area contributed by atoms with Crippen molar-refractivity contribution < 1.29 is 0 Å². The first-order valence-electron chi connectivity index (χ1n) is 5.83. The summed E-state index contributed by atoms with van der Waals surface area (Å²) in [6.45, 7) is 5.10. The summed E-state index contributed by atoms with van der Waals surface area (Å²) < 4.78 is 0.914. The topological polar surface area (TPSA) is 38.0 Å². The van der Waals surface area contributed by atoms with Gasteiger partial charge >= 0.3 is 0 Å². The molecule has 2 nitrogen and oxygen atoms in total. The molecule has 1 aromatic carbocycles. The first-order chi connectivity index (χ1) is 7.90. The molecule has 0 radical (unpaired) electrons. The Balaban J connectivity index is 2.21. The molecule has 0 saturated heterocycles. The van der Waals surface area contributed by atoms with Crippen molar-refractivity contribution >= 4 is 33.2 Å². The number of hydrogen-bond acceptors (Lipinski definition) is 2. The fraction of sp³-hybridized carbons (Fsp3) is 0.538. The van der Waals surface area contributed by atoms with Crippen LogP contribution < -0.4 is 11.1 Å². The van der Waals surface area contributed by atoms with Gasteiger partial charge in [0.05, 0.1) is 10.6 Å². The van der Waals surface area contributed by atoms with Gasteiger partial charge in [0, 0.05) is 16.7 Å². The van der Waals surface area contributed by atoms with E-state index in [0.29, 0.717) is 12.0 Å². The molecule has 1 saturated carbocycles. The van der Waals surface area contributed by atoms with Gasteiger partial charge in [-0.05, 0) is 59.3 Å². The van der Waals surface area contributed by atoms with Crippen LogP contribution in [-0.4, -0.2) is 12.1 Å². The molecule has 1 aliphatic carbocycles. The lowest BCUT2D eigenvalue weighted by molar-refractivity contribution is 0.333. The van der Waals surface area contributed by atoms with Gasteiger partial charge in [0.2, 0.25) is 0 Å². The van der Waals surface area contributed by atoms with Crippen LogP contribution in [0.15, 0.2) is 22.7 Å². The Morgan fingerprint density at radius 1 is 1.53 bits per heavy atom. The third-order valence-electron chi connectivity index (χ3n) is 4.08. The molecule has 3 N–H and O–H groups in total. The molecule has 0 spiro atoms. The molecule has 1 atom stereocenters. The fourth-order valence-electron chi connectivity index (χ4n) is 2.08. The zero-order chi connectivity index (χ0) is 12.7. The van der Waals surface area contributed by atoms with E-state index in [1.807, 2.05) is 18.2 Å². The number of anilines is 1. The van der Waals surface area contributed by atoms with E-state index in [9.17, 15) is 0 Å². The molecule has 1 aromatic rings. The molecular formula is C13H18BrClN2. The molecule has 4 heteroatoms. The van der Waals surface area contributed by atoms with E-state index in [0.717, 1.165) is 15.2 Å². The lowest BCUT2D eigenvalue weighted by Crippen LogP contribution is -2.49. The fourth-order valence-corrected chi connectivity index (χ4v) is 2.51. The van der Waals surface area contributed by atoms with Crippen molar-refractivity contribution in [3.8, 4) is 0 Å². The van der Waals surface area contributed by atoms with E-state index >= 15 is 0 Å². The number of benzene rings is 1. The van der Waals surface area contributed by atoms with E-state index in [4.69, 9.17) is 17.3 Å². The quantitative estimate of drug-likeness (QED) is 0.880. The predicted molar refractivity (Wildman–Crippen MR) is 77.6 cm³/mol. The number of nitrogens with two attached hydrogens (primary N) is 1. The minimum absolute atomic E-state index is 0.0653. The monoisotopic (exact) mass is 316 g/mol. The summed E-state index contributed by atoms with van der Waals surface area (Å²) in [4.78, 5) is 0. The van der Waals surface area contributed by atoms with Crippen molar-refractivity contribution in [2.45, 2.75) is 32.2 Å². The minimum atomic E-state index is -0.0653. The summed E-state index contributed by atoms with van der Waals surface area (Å²) in [5, 5.41) is 4.26. The van der Waals surface area contributed by atoms with Crippen molar-refractivity contribution in [1.29, 1.82) is 0 Å². The van der Waals surface area contributed by atoms with Crippen LogP contribution in [0.4, 0.5) is 5.69 Å². The average molecular weight is 318 g/mol. The van der Waals surface area contributed by atoms with Crippen LogP contribution in [0.2, 0.25) is 5.02 Å². The number of halogens is 2. The van der Waals surface area contributed by atoms with Crippen molar-refractivity contribution in [2.24, 2.45) is 11.1 Å². The Morgan fingerprint density at radius 2 is 2.18 bits per heavy atom. The summed E-state index contributed by atoms with van der Waals surface area (Å²) in [5.41, 5.74) is 7.21. The van der Waals surface area contributed by atoms with Crippen LogP contribution in [0.25, 0.3) is 0 Å². The first-order valence-corrected chi connectivity index (χ1v) is 7.01. The normalized spacial score (nSPS) is 20.8. The molecule has 17 heavy (non-hydrogen) atoms. The summed E-state index contributed by atoms with van der Waals surface area (Å²) in [6, 6.07) is 5.91. The SMILES string of the molecule is CC1(C(C)(CN)Nc2ccc(Br)c(Cl)c2)CC1. The van der Waals surface area contributed by atoms with Crippen molar-refractivity contribution in [1.82, 2.24) is 0 Å². The van der Waals surface area contributed by atoms with Crippen LogP contribution in [0.1, 0.15) is 26.7 Å². The van der Waals surface area contributed by atoms with Crippen molar-refractivity contribution in [2.75, 3.05) is 11.9 Å². The van der Waals surface area contributed by atoms with Gasteiger partial charge in [-0.1, -0.05) is 18.5 Å². The van der Waals surface area contributed by atoms with Crippen LogP contribution >= 0.6 is 27.5 Å². The molecule has 0 aromatic heterocycles. The largest absolute Gasteiger partial charge is 0.378 e. The second kappa shape index (κ2) is 4.45. The van der Waals surface area contributed by atoms with Gasteiger partial charge in [-0.3, -0.25) is 0 Å². The van der Waals surface area contributed by atoms with E-state index in [1.54, 1.807) is 0 Å². The Kier molecular flexibility index (Phi) is 3.45. The van der Waals surface area contributed by atoms with Crippen LogP contribution in [0.5, 0.6) is 0 Å². The van der Waals surface area contributed by atoms with Gasteiger partial charge in [0.25, 0.3) is 0 Å². The average Bonchev–Trinajstić information content (AvgIpc) is 3.03. The number of hydrogen-bond donors (Lipinski definition) is 2. The Morgan fingerprint density at radius 3 is 2.65 bits per heavy atom. The van der Waals surface area contributed by atoms with Gasteiger partial charge in [0.15, 0.2) is 0 Å². The van der Waals surface area contributed by atoms with Crippen LogP contribution in [0, 0.1) is 5.41 Å². The highest BCUT2D eigenvalue weighted by molar-refractivity contribution is 9.10. The second-order valence-electron chi connectivity index (χ2n) is 5.35. The third-order valence-corrected chi connectivity index (χ3v) is 5.31. The lowest BCUT2D eigenvalue weighted by atomic mass is 9.83. The highest BCUT2D eigenvalue weighted by Crippen LogP contribution is 2.54. The highest BCUT2D eigenvalue weighted by atomic mass is 79.9. The first kappa shape index (κ1) is 13.2. The minimum Gasteiger partial charge on any atom is -0.378 e. The molecule has 0 aliphatic heterocycles. The van der Waals surface area contributed by atoms with Gasteiger partial charge in [-0.2, -0.15) is 0 Å². The zero-order valence-corrected chi connectivity index (χ0v) is 12.5. The lowest BCUT2D eigenvalue weighted by Gasteiger charge is -2.37. The van der Waals surface area contributed by atoms with E-state index < -0.39 is 0 Å². The molecule has 1 unspecified atom stereocenters. The van der Waals surface area contributed by atoms with Crippen LogP contribution in [0.3, 0.4) is 0 Å². The van der Waals surface area contributed by atoms with E-state index in [1.165, 1.54) is 12.8 Å². The predicted octanol–water partition coefficient (Wildman–Crippen LogP) is 4.03. The molecule has 0 amide bonds. The molecular weight excluding hydrogens is 300 g/mol. The second-order valence-corrected chi connectivity index (χ2v) is 6.61. The van der Waals surface area contributed by atoms with Crippen LogP contribution in [-0.2, 0) is 0 Å².